The van der Waals surface area contributed by atoms with Gasteiger partial charge in [-0.3, -0.25) is 4.68 Å². The summed E-state index contributed by atoms with van der Waals surface area (Å²) in [5, 5.41) is 19.2. The van der Waals surface area contributed by atoms with Crippen LogP contribution in [0.15, 0.2) is 54.9 Å². The molecule has 1 aliphatic rings. The fourth-order valence-electron chi connectivity index (χ4n) is 4.54. The minimum Gasteiger partial charge on any atom is -0.508 e. The Labute approximate surface area is 190 Å². The molecule has 8 heteroatoms. The molecular formula is C25H24N6O2. The van der Waals surface area contributed by atoms with Crippen molar-refractivity contribution >= 4 is 33.6 Å². The van der Waals surface area contributed by atoms with E-state index in [1.165, 1.54) is 12.8 Å². The number of aryl methyl sites for hydroxylation is 1. The van der Waals surface area contributed by atoms with Crippen LogP contribution in [0.5, 0.6) is 11.6 Å². The number of nitrogens with one attached hydrogen (secondary N) is 2. The second-order valence-corrected chi connectivity index (χ2v) is 8.52. The normalized spacial score (nSPS) is 14.3. The van der Waals surface area contributed by atoms with E-state index in [0.717, 1.165) is 45.9 Å². The van der Waals surface area contributed by atoms with E-state index in [1.54, 1.807) is 12.1 Å². The van der Waals surface area contributed by atoms with Gasteiger partial charge in [-0.2, -0.15) is 15.1 Å². The van der Waals surface area contributed by atoms with Crippen LogP contribution >= 0.6 is 0 Å². The number of hydrogen-bond acceptors (Lipinski definition) is 6. The zero-order chi connectivity index (χ0) is 22.4. The van der Waals surface area contributed by atoms with Crippen molar-refractivity contribution in [3.8, 4) is 22.8 Å². The van der Waals surface area contributed by atoms with E-state index in [2.05, 4.69) is 15.4 Å². The molecule has 1 fully saturated rings. The van der Waals surface area contributed by atoms with Crippen LogP contribution in [0.3, 0.4) is 0 Å². The van der Waals surface area contributed by atoms with Gasteiger partial charge in [0.1, 0.15) is 17.5 Å². The lowest BCUT2D eigenvalue weighted by Gasteiger charge is -2.15. The molecule has 0 unspecified atom stereocenters. The predicted octanol–water partition coefficient (Wildman–Crippen LogP) is 5.28. The van der Waals surface area contributed by atoms with Gasteiger partial charge in [-0.15, -0.1) is 0 Å². The lowest BCUT2D eigenvalue weighted by atomic mass is 10.1. The van der Waals surface area contributed by atoms with Gasteiger partial charge in [-0.05, 0) is 61.6 Å². The summed E-state index contributed by atoms with van der Waals surface area (Å²) in [6, 6.07) is 13.2. The Morgan fingerprint density at radius 3 is 2.73 bits per heavy atom. The van der Waals surface area contributed by atoms with Crippen LogP contribution in [0.25, 0.3) is 33.1 Å². The van der Waals surface area contributed by atoms with Crippen LogP contribution in [-0.4, -0.2) is 35.9 Å². The van der Waals surface area contributed by atoms with Crippen molar-refractivity contribution in [2.75, 3.05) is 5.32 Å². The first-order valence-corrected chi connectivity index (χ1v) is 11.2. The molecule has 166 valence electrons. The summed E-state index contributed by atoms with van der Waals surface area (Å²) < 4.78 is 8.26. The summed E-state index contributed by atoms with van der Waals surface area (Å²) in [5.74, 6) is 1.27. The number of aromatic nitrogens is 5. The van der Waals surface area contributed by atoms with Gasteiger partial charge in [-0.25, -0.2) is 0 Å². The first kappa shape index (κ1) is 19.6. The molecule has 0 bridgehead atoms. The van der Waals surface area contributed by atoms with Gasteiger partial charge < -0.3 is 20.1 Å². The zero-order valence-corrected chi connectivity index (χ0v) is 18.2. The number of aromatic amines is 1. The Hall–Kier alpha value is -4.07. The number of nitrogens with zero attached hydrogens (tertiary/aromatic N) is 4. The molecule has 0 saturated heterocycles. The van der Waals surface area contributed by atoms with E-state index in [-0.39, 0.29) is 11.9 Å². The molecule has 3 aromatic heterocycles. The van der Waals surface area contributed by atoms with Gasteiger partial charge in [0, 0.05) is 29.9 Å². The van der Waals surface area contributed by atoms with Crippen molar-refractivity contribution in [1.29, 1.82) is 0 Å². The van der Waals surface area contributed by atoms with Gasteiger partial charge in [0.05, 0.1) is 17.1 Å². The molecular weight excluding hydrogens is 416 g/mol. The highest BCUT2D eigenvalue weighted by atomic mass is 16.5. The Balaban J connectivity index is 1.42. The quantitative estimate of drug-likeness (QED) is 0.344. The average molecular weight is 441 g/mol. The molecule has 0 amide bonds. The van der Waals surface area contributed by atoms with Gasteiger partial charge in [-0.1, -0.05) is 12.1 Å². The molecule has 1 saturated carbocycles. The summed E-state index contributed by atoms with van der Waals surface area (Å²) in [6.07, 6.45) is 8.33. The fourth-order valence-corrected chi connectivity index (χ4v) is 4.54. The Kier molecular flexibility index (Phi) is 4.64. The molecule has 33 heavy (non-hydrogen) atoms. The molecule has 6 rings (SSSR count). The van der Waals surface area contributed by atoms with E-state index in [9.17, 15) is 5.11 Å². The number of hydrogen-bond donors (Lipinski definition) is 3. The summed E-state index contributed by atoms with van der Waals surface area (Å²) in [7, 11) is 1.93. The first-order valence-electron chi connectivity index (χ1n) is 11.2. The van der Waals surface area contributed by atoms with Crippen molar-refractivity contribution in [2.24, 2.45) is 7.05 Å². The lowest BCUT2D eigenvalue weighted by molar-refractivity contribution is 0.204. The van der Waals surface area contributed by atoms with Crippen LogP contribution in [-0.2, 0) is 7.05 Å². The van der Waals surface area contributed by atoms with Crippen LogP contribution < -0.4 is 10.1 Å². The topological polar surface area (TPSA) is 101 Å². The molecule has 3 heterocycles. The van der Waals surface area contributed by atoms with Crippen molar-refractivity contribution in [2.45, 2.75) is 31.8 Å². The number of ether oxygens (including phenoxy) is 1. The standard InChI is InChI=1S/C25H24N6O2/c1-31-21-11-8-17(12-16(21)13-27-31)28-25-29-23-22(24(30-25)33-19-4-2-3-5-19)20(14-26-23)15-6-9-18(32)10-7-15/h6-14,19,32H,2-5H2,1H3,(H2,26,28,29,30). The van der Waals surface area contributed by atoms with Crippen molar-refractivity contribution in [3.63, 3.8) is 0 Å². The molecule has 3 N–H and O–H groups in total. The van der Waals surface area contributed by atoms with Crippen molar-refractivity contribution in [3.05, 3.63) is 54.9 Å². The summed E-state index contributed by atoms with van der Waals surface area (Å²) >= 11 is 0. The molecule has 0 aliphatic heterocycles. The van der Waals surface area contributed by atoms with E-state index >= 15 is 0 Å². The predicted molar refractivity (Wildman–Crippen MR) is 128 cm³/mol. The smallest absolute Gasteiger partial charge is 0.232 e. The summed E-state index contributed by atoms with van der Waals surface area (Å²) in [6.45, 7) is 0. The number of H-pyrrole nitrogens is 1. The van der Waals surface area contributed by atoms with Crippen LogP contribution in [0, 0.1) is 0 Å². The van der Waals surface area contributed by atoms with Gasteiger partial charge in [0.15, 0.2) is 0 Å². The zero-order valence-electron chi connectivity index (χ0n) is 18.2. The molecule has 8 nitrogen and oxygen atoms in total. The number of anilines is 2. The van der Waals surface area contributed by atoms with Crippen LogP contribution in [0.2, 0.25) is 0 Å². The van der Waals surface area contributed by atoms with Gasteiger partial charge in [0.25, 0.3) is 0 Å². The van der Waals surface area contributed by atoms with E-state index < -0.39 is 0 Å². The SMILES string of the molecule is Cn1ncc2cc(Nc3nc(OC4CCCC4)c4c(-c5ccc(O)cc5)c[nH]c4n3)ccc21. The second kappa shape index (κ2) is 7.81. The number of aromatic hydroxyl groups is 1. The van der Waals surface area contributed by atoms with Crippen molar-refractivity contribution in [1.82, 2.24) is 24.7 Å². The number of phenolic OH excluding ortho intramolecular Hbond substituents is 1. The second-order valence-electron chi connectivity index (χ2n) is 8.52. The third kappa shape index (κ3) is 3.63. The lowest BCUT2D eigenvalue weighted by Crippen LogP contribution is -2.13. The largest absolute Gasteiger partial charge is 0.508 e. The van der Waals surface area contributed by atoms with Crippen LogP contribution in [0.1, 0.15) is 25.7 Å². The third-order valence-corrected chi connectivity index (χ3v) is 6.26. The Morgan fingerprint density at radius 1 is 1.09 bits per heavy atom. The number of benzene rings is 2. The monoisotopic (exact) mass is 440 g/mol. The molecule has 0 spiro atoms. The maximum absolute atomic E-state index is 9.69. The Morgan fingerprint density at radius 2 is 1.91 bits per heavy atom. The van der Waals surface area contributed by atoms with E-state index in [0.29, 0.717) is 17.5 Å². The molecule has 2 aromatic carbocycles. The number of phenols is 1. The third-order valence-electron chi connectivity index (χ3n) is 6.26. The highest BCUT2D eigenvalue weighted by molar-refractivity contribution is 5.98. The number of rotatable bonds is 5. The van der Waals surface area contributed by atoms with Crippen molar-refractivity contribution < 1.29 is 9.84 Å². The minimum absolute atomic E-state index is 0.158. The molecule has 0 radical (unpaired) electrons. The maximum Gasteiger partial charge on any atom is 0.232 e. The minimum atomic E-state index is 0.158. The molecule has 5 aromatic rings. The average Bonchev–Trinajstić information content (AvgIpc) is 3.55. The number of fused-ring (bicyclic) bond motifs is 2. The maximum atomic E-state index is 9.69. The summed E-state index contributed by atoms with van der Waals surface area (Å²) in [5.41, 5.74) is 4.55. The van der Waals surface area contributed by atoms with E-state index in [1.807, 2.05) is 54.5 Å². The van der Waals surface area contributed by atoms with E-state index in [4.69, 9.17) is 14.7 Å². The van der Waals surface area contributed by atoms with Gasteiger partial charge in [0.2, 0.25) is 11.8 Å². The highest BCUT2D eigenvalue weighted by Crippen LogP contribution is 2.37. The fraction of sp³-hybridized carbons (Fsp3) is 0.240. The first-order chi connectivity index (χ1) is 16.1. The Bertz CT molecular complexity index is 1450. The molecule has 0 atom stereocenters. The van der Waals surface area contributed by atoms with Gasteiger partial charge >= 0.3 is 0 Å². The molecule has 1 aliphatic carbocycles. The van der Waals surface area contributed by atoms with Crippen LogP contribution in [0.4, 0.5) is 11.6 Å². The highest BCUT2D eigenvalue weighted by Gasteiger charge is 2.22. The summed E-state index contributed by atoms with van der Waals surface area (Å²) in [4.78, 5) is 12.8.